The maximum absolute atomic E-state index is 13.8. The third-order valence-electron chi connectivity index (χ3n) is 6.42. The standard InChI is InChI=1S/C30H28FN3O/c31-26-16-6-5-15-25(26)30(35)32-20-9-1-2-19-29-33-27-17-7-8-18-28(27)34(29)21-23-13-10-12-22-11-3-4-14-24(22)23/h3-8,10-18H,1-2,9,19-21H2,(H,32,35). The Morgan fingerprint density at radius 1 is 0.829 bits per heavy atom. The van der Waals surface area contributed by atoms with Gasteiger partial charge in [0.05, 0.1) is 16.6 Å². The number of para-hydroxylation sites is 2. The summed E-state index contributed by atoms with van der Waals surface area (Å²) in [6.07, 6.45) is 3.62. The van der Waals surface area contributed by atoms with Gasteiger partial charge in [-0.15, -0.1) is 0 Å². The lowest BCUT2D eigenvalue weighted by atomic mass is 10.0. The Labute approximate surface area is 204 Å². The molecule has 0 unspecified atom stereocenters. The Kier molecular flexibility index (Phi) is 6.85. The molecular formula is C30H28FN3O. The highest BCUT2D eigenvalue weighted by Crippen LogP contribution is 2.24. The van der Waals surface area contributed by atoms with Gasteiger partial charge in [0.2, 0.25) is 0 Å². The number of hydrogen-bond acceptors (Lipinski definition) is 2. The second kappa shape index (κ2) is 10.5. The van der Waals surface area contributed by atoms with Crippen LogP contribution < -0.4 is 5.32 Å². The number of rotatable bonds is 9. The lowest BCUT2D eigenvalue weighted by molar-refractivity contribution is 0.0949. The Bertz CT molecular complexity index is 1470. The van der Waals surface area contributed by atoms with E-state index >= 15 is 0 Å². The molecular weight excluding hydrogens is 437 g/mol. The van der Waals surface area contributed by atoms with Crippen LogP contribution in [0.25, 0.3) is 21.8 Å². The number of nitrogens with zero attached hydrogens (tertiary/aromatic N) is 2. The summed E-state index contributed by atoms with van der Waals surface area (Å²) in [7, 11) is 0. The number of benzene rings is 4. The van der Waals surface area contributed by atoms with E-state index in [4.69, 9.17) is 4.98 Å². The van der Waals surface area contributed by atoms with E-state index in [0.717, 1.165) is 49.1 Å². The van der Waals surface area contributed by atoms with Crippen molar-refractivity contribution in [3.63, 3.8) is 0 Å². The maximum Gasteiger partial charge on any atom is 0.254 e. The molecule has 5 heteroatoms. The van der Waals surface area contributed by atoms with Gasteiger partial charge in [0, 0.05) is 19.5 Å². The van der Waals surface area contributed by atoms with Gasteiger partial charge in [-0.25, -0.2) is 9.37 Å². The topological polar surface area (TPSA) is 46.9 Å². The molecule has 176 valence electrons. The molecule has 0 aliphatic rings. The van der Waals surface area contributed by atoms with Crippen molar-refractivity contribution in [1.82, 2.24) is 14.9 Å². The molecule has 0 saturated heterocycles. The number of amides is 1. The highest BCUT2D eigenvalue weighted by Gasteiger charge is 2.13. The van der Waals surface area contributed by atoms with Crippen LogP contribution in [0, 0.1) is 5.82 Å². The molecule has 4 nitrogen and oxygen atoms in total. The largest absolute Gasteiger partial charge is 0.352 e. The number of fused-ring (bicyclic) bond motifs is 2. The van der Waals surface area contributed by atoms with Crippen LogP contribution in [0.3, 0.4) is 0 Å². The van der Waals surface area contributed by atoms with Gasteiger partial charge in [0.15, 0.2) is 0 Å². The van der Waals surface area contributed by atoms with Crippen LogP contribution in [0.15, 0.2) is 91.0 Å². The van der Waals surface area contributed by atoms with E-state index in [0.29, 0.717) is 6.54 Å². The fourth-order valence-electron chi connectivity index (χ4n) is 4.62. The summed E-state index contributed by atoms with van der Waals surface area (Å²) in [6.45, 7) is 1.30. The van der Waals surface area contributed by atoms with Crippen LogP contribution in [0.5, 0.6) is 0 Å². The highest BCUT2D eigenvalue weighted by atomic mass is 19.1. The number of imidazole rings is 1. The summed E-state index contributed by atoms with van der Waals surface area (Å²) in [5.74, 6) is 0.226. The van der Waals surface area contributed by atoms with Crippen molar-refractivity contribution < 1.29 is 9.18 Å². The summed E-state index contributed by atoms with van der Waals surface area (Å²) >= 11 is 0. The third-order valence-corrected chi connectivity index (χ3v) is 6.42. The molecule has 0 saturated carbocycles. The van der Waals surface area contributed by atoms with Crippen molar-refractivity contribution in [2.75, 3.05) is 6.54 Å². The SMILES string of the molecule is O=C(NCCCCCc1nc2ccccc2n1Cc1cccc2ccccc12)c1ccccc1F. The van der Waals surface area contributed by atoms with Crippen LogP contribution in [0.4, 0.5) is 4.39 Å². The van der Waals surface area contributed by atoms with Crippen molar-refractivity contribution in [2.45, 2.75) is 32.2 Å². The van der Waals surface area contributed by atoms with E-state index in [9.17, 15) is 9.18 Å². The molecule has 35 heavy (non-hydrogen) atoms. The van der Waals surface area contributed by atoms with E-state index < -0.39 is 5.82 Å². The average Bonchev–Trinajstić information content (AvgIpc) is 3.23. The van der Waals surface area contributed by atoms with Crippen LogP contribution >= 0.6 is 0 Å². The summed E-state index contributed by atoms with van der Waals surface area (Å²) in [5.41, 5.74) is 3.53. The highest BCUT2D eigenvalue weighted by molar-refractivity contribution is 5.94. The summed E-state index contributed by atoms with van der Waals surface area (Å²) < 4.78 is 16.1. The molecule has 5 aromatic rings. The minimum atomic E-state index is -0.491. The third kappa shape index (κ3) is 5.09. The molecule has 0 atom stereocenters. The van der Waals surface area contributed by atoms with Gasteiger partial charge in [-0.2, -0.15) is 0 Å². The number of carbonyl (C=O) groups excluding carboxylic acids is 1. The van der Waals surface area contributed by atoms with Gasteiger partial charge in [-0.1, -0.05) is 73.2 Å². The van der Waals surface area contributed by atoms with E-state index in [1.807, 2.05) is 6.07 Å². The minimum Gasteiger partial charge on any atom is -0.352 e. The number of nitrogens with one attached hydrogen (secondary N) is 1. The van der Waals surface area contributed by atoms with Gasteiger partial charge in [-0.05, 0) is 53.4 Å². The zero-order valence-electron chi connectivity index (χ0n) is 19.6. The number of aromatic nitrogens is 2. The first kappa shape index (κ1) is 22.8. The zero-order valence-corrected chi connectivity index (χ0v) is 19.6. The second-order valence-electron chi connectivity index (χ2n) is 8.79. The summed E-state index contributed by atoms with van der Waals surface area (Å²) in [5, 5.41) is 5.33. The van der Waals surface area contributed by atoms with Crippen molar-refractivity contribution in [3.8, 4) is 0 Å². The van der Waals surface area contributed by atoms with Crippen molar-refractivity contribution in [2.24, 2.45) is 0 Å². The maximum atomic E-state index is 13.8. The van der Waals surface area contributed by atoms with Crippen molar-refractivity contribution in [1.29, 1.82) is 0 Å². The van der Waals surface area contributed by atoms with E-state index in [2.05, 4.69) is 70.5 Å². The molecule has 0 radical (unpaired) electrons. The van der Waals surface area contributed by atoms with Gasteiger partial charge >= 0.3 is 0 Å². The molecule has 0 aliphatic carbocycles. The number of carbonyl (C=O) groups is 1. The van der Waals surface area contributed by atoms with Crippen LogP contribution in [0.1, 0.15) is 41.0 Å². The molecule has 1 aromatic heterocycles. The van der Waals surface area contributed by atoms with Gasteiger partial charge < -0.3 is 9.88 Å². The molecule has 1 amide bonds. The van der Waals surface area contributed by atoms with E-state index in [-0.39, 0.29) is 11.5 Å². The minimum absolute atomic E-state index is 0.0923. The fraction of sp³-hybridized carbons (Fsp3) is 0.200. The zero-order chi connectivity index (χ0) is 24.0. The van der Waals surface area contributed by atoms with Crippen LogP contribution in [0.2, 0.25) is 0 Å². The van der Waals surface area contributed by atoms with E-state index in [1.165, 1.54) is 28.5 Å². The first-order valence-corrected chi connectivity index (χ1v) is 12.1. The summed E-state index contributed by atoms with van der Waals surface area (Å²) in [6, 6.07) is 29.3. The number of aryl methyl sites for hydroxylation is 1. The summed E-state index contributed by atoms with van der Waals surface area (Å²) in [4.78, 5) is 17.1. The molecule has 5 rings (SSSR count). The Balaban J connectivity index is 1.23. The molecule has 1 heterocycles. The normalized spacial score (nSPS) is 11.2. The lowest BCUT2D eigenvalue weighted by Gasteiger charge is -2.12. The average molecular weight is 466 g/mol. The fourth-order valence-corrected chi connectivity index (χ4v) is 4.62. The number of hydrogen-bond donors (Lipinski definition) is 1. The smallest absolute Gasteiger partial charge is 0.254 e. The van der Waals surface area contributed by atoms with Crippen LogP contribution in [-0.4, -0.2) is 22.0 Å². The lowest BCUT2D eigenvalue weighted by Crippen LogP contribution is -2.25. The van der Waals surface area contributed by atoms with Gasteiger partial charge in [0.25, 0.3) is 5.91 Å². The predicted octanol–water partition coefficient (Wildman–Crippen LogP) is 6.52. The Hall–Kier alpha value is -3.99. The quantitative estimate of drug-likeness (QED) is 0.252. The first-order chi connectivity index (χ1) is 17.2. The second-order valence-corrected chi connectivity index (χ2v) is 8.79. The molecule has 0 bridgehead atoms. The Morgan fingerprint density at radius 3 is 2.51 bits per heavy atom. The monoisotopic (exact) mass is 465 g/mol. The molecule has 4 aromatic carbocycles. The number of halogens is 1. The predicted molar refractivity (Wildman–Crippen MR) is 139 cm³/mol. The number of unbranched alkanes of at least 4 members (excludes halogenated alkanes) is 2. The first-order valence-electron chi connectivity index (χ1n) is 12.1. The molecule has 0 aliphatic heterocycles. The van der Waals surface area contributed by atoms with E-state index in [1.54, 1.807) is 12.1 Å². The molecule has 0 fully saturated rings. The molecule has 0 spiro atoms. The van der Waals surface area contributed by atoms with Gasteiger partial charge in [0.1, 0.15) is 11.6 Å². The molecule has 1 N–H and O–H groups in total. The van der Waals surface area contributed by atoms with Crippen LogP contribution in [-0.2, 0) is 13.0 Å². The Morgan fingerprint density at radius 2 is 1.60 bits per heavy atom. The van der Waals surface area contributed by atoms with Crippen molar-refractivity contribution >= 4 is 27.7 Å². The van der Waals surface area contributed by atoms with Gasteiger partial charge in [-0.3, -0.25) is 4.79 Å². The van der Waals surface area contributed by atoms with Crippen molar-refractivity contribution in [3.05, 3.63) is 114 Å².